The summed E-state index contributed by atoms with van der Waals surface area (Å²) in [6.45, 7) is -1.33. The van der Waals surface area contributed by atoms with Crippen LogP contribution >= 0.6 is 12.2 Å². The van der Waals surface area contributed by atoms with E-state index in [1.165, 1.54) is 36.4 Å². The molecule has 0 atom stereocenters. The Labute approximate surface area is 145 Å². The summed E-state index contributed by atoms with van der Waals surface area (Å²) in [7, 11) is 0. The van der Waals surface area contributed by atoms with Crippen LogP contribution in [0.25, 0.3) is 0 Å². The van der Waals surface area contributed by atoms with Crippen LogP contribution in [0.2, 0.25) is 0 Å². The van der Waals surface area contributed by atoms with Gasteiger partial charge in [0.05, 0.1) is 11.3 Å². The van der Waals surface area contributed by atoms with Crippen molar-refractivity contribution >= 4 is 28.7 Å². The first-order valence-corrected chi connectivity index (χ1v) is 7.37. The molecule has 0 saturated heterocycles. The van der Waals surface area contributed by atoms with Gasteiger partial charge in [0, 0.05) is 5.69 Å². The zero-order valence-corrected chi connectivity index (χ0v) is 13.6. The van der Waals surface area contributed by atoms with Crippen molar-refractivity contribution in [1.29, 1.82) is 0 Å². The minimum absolute atomic E-state index is 0.0284. The maximum Gasteiger partial charge on any atom is 0.418 e. The molecule has 3 nitrogen and oxygen atoms in total. The van der Waals surface area contributed by atoms with Gasteiger partial charge < -0.3 is 15.4 Å². The van der Waals surface area contributed by atoms with Gasteiger partial charge >= 0.3 is 12.8 Å². The Morgan fingerprint density at radius 3 is 2.28 bits per heavy atom. The van der Waals surface area contributed by atoms with Crippen LogP contribution in [-0.2, 0) is 6.18 Å². The summed E-state index contributed by atoms with van der Waals surface area (Å²) in [5.41, 5.74) is -0.0608. The van der Waals surface area contributed by atoms with Crippen LogP contribution < -0.4 is 15.4 Å². The Hall–Kier alpha value is -2.42. The molecule has 0 aliphatic carbocycles. The van der Waals surface area contributed by atoms with Gasteiger partial charge in [0.15, 0.2) is 5.11 Å². The van der Waals surface area contributed by atoms with Crippen LogP contribution in [0.5, 0.6) is 5.75 Å². The fourth-order valence-corrected chi connectivity index (χ4v) is 2.29. The SMILES string of the molecule is Cc1cc(OC(F)F)ccc1NC(=S)Nc1ccccc1C(F)(F)F. The van der Waals surface area contributed by atoms with Gasteiger partial charge in [0.1, 0.15) is 5.75 Å². The number of hydrogen-bond donors (Lipinski definition) is 2. The molecule has 0 aliphatic rings. The first-order chi connectivity index (χ1) is 11.7. The van der Waals surface area contributed by atoms with E-state index in [1.54, 1.807) is 6.92 Å². The second-order valence-electron chi connectivity index (χ2n) is 4.98. The number of para-hydroxylation sites is 1. The maximum atomic E-state index is 13.0. The molecule has 0 radical (unpaired) electrons. The van der Waals surface area contributed by atoms with Crippen molar-refractivity contribution in [2.45, 2.75) is 19.7 Å². The number of hydrogen-bond acceptors (Lipinski definition) is 2. The summed E-state index contributed by atoms with van der Waals surface area (Å²) in [6, 6.07) is 9.01. The summed E-state index contributed by atoms with van der Waals surface area (Å²) in [5.74, 6) is -0.0284. The first kappa shape index (κ1) is 18.9. The molecule has 2 rings (SSSR count). The van der Waals surface area contributed by atoms with Crippen LogP contribution in [0.1, 0.15) is 11.1 Å². The normalized spacial score (nSPS) is 11.3. The van der Waals surface area contributed by atoms with Crippen molar-refractivity contribution in [2.75, 3.05) is 10.6 Å². The van der Waals surface area contributed by atoms with E-state index in [0.717, 1.165) is 6.07 Å². The predicted molar refractivity (Wildman–Crippen MR) is 89.1 cm³/mol. The number of anilines is 2. The second kappa shape index (κ2) is 7.64. The van der Waals surface area contributed by atoms with E-state index >= 15 is 0 Å². The summed E-state index contributed by atoms with van der Waals surface area (Å²) in [4.78, 5) is 0. The Morgan fingerprint density at radius 2 is 1.68 bits per heavy atom. The molecule has 0 aromatic heterocycles. The molecule has 25 heavy (non-hydrogen) atoms. The monoisotopic (exact) mass is 376 g/mol. The summed E-state index contributed by atoms with van der Waals surface area (Å²) in [6.07, 6.45) is -4.52. The number of ether oxygens (including phenoxy) is 1. The van der Waals surface area contributed by atoms with E-state index in [-0.39, 0.29) is 16.5 Å². The van der Waals surface area contributed by atoms with E-state index in [0.29, 0.717) is 11.3 Å². The molecule has 134 valence electrons. The number of benzene rings is 2. The van der Waals surface area contributed by atoms with Gasteiger partial charge in [0.25, 0.3) is 0 Å². The third-order valence-electron chi connectivity index (χ3n) is 3.15. The summed E-state index contributed by atoms with van der Waals surface area (Å²) >= 11 is 5.02. The Morgan fingerprint density at radius 1 is 1.04 bits per heavy atom. The molecule has 2 aromatic rings. The highest BCUT2D eigenvalue weighted by atomic mass is 32.1. The second-order valence-corrected chi connectivity index (χ2v) is 5.39. The average Bonchev–Trinajstić information content (AvgIpc) is 2.49. The topological polar surface area (TPSA) is 33.3 Å². The van der Waals surface area contributed by atoms with Crippen LogP contribution in [0.3, 0.4) is 0 Å². The van der Waals surface area contributed by atoms with Crippen LogP contribution in [-0.4, -0.2) is 11.7 Å². The van der Waals surface area contributed by atoms with E-state index in [9.17, 15) is 22.0 Å². The number of alkyl halides is 5. The number of thiocarbonyl (C=S) groups is 1. The van der Waals surface area contributed by atoms with Gasteiger partial charge in [0.2, 0.25) is 0 Å². The van der Waals surface area contributed by atoms with Crippen LogP contribution in [0.4, 0.5) is 33.3 Å². The quantitative estimate of drug-likeness (QED) is 0.551. The van der Waals surface area contributed by atoms with Crippen molar-refractivity contribution in [3.8, 4) is 5.75 Å². The molecule has 0 fully saturated rings. The Balaban J connectivity index is 2.11. The Bertz CT molecular complexity index is 764. The lowest BCUT2D eigenvalue weighted by atomic mass is 10.1. The largest absolute Gasteiger partial charge is 0.435 e. The van der Waals surface area contributed by atoms with Gasteiger partial charge in [-0.2, -0.15) is 22.0 Å². The van der Waals surface area contributed by atoms with E-state index in [4.69, 9.17) is 12.2 Å². The van der Waals surface area contributed by atoms with Crippen molar-refractivity contribution in [1.82, 2.24) is 0 Å². The van der Waals surface area contributed by atoms with E-state index in [2.05, 4.69) is 15.4 Å². The van der Waals surface area contributed by atoms with Gasteiger partial charge in [-0.25, -0.2) is 0 Å². The zero-order chi connectivity index (χ0) is 18.6. The minimum atomic E-state index is -4.52. The molecule has 2 N–H and O–H groups in total. The zero-order valence-electron chi connectivity index (χ0n) is 12.8. The smallest absolute Gasteiger partial charge is 0.418 e. The van der Waals surface area contributed by atoms with Crippen molar-refractivity contribution in [3.05, 3.63) is 53.6 Å². The standard InChI is InChI=1S/C16H13F5N2OS/c1-9-8-10(24-14(17)18)6-7-12(9)22-15(25)23-13-5-3-2-4-11(13)16(19,20)21/h2-8,14H,1H3,(H2,22,23,25). The lowest BCUT2D eigenvalue weighted by molar-refractivity contribution is -0.136. The lowest BCUT2D eigenvalue weighted by Crippen LogP contribution is -2.22. The maximum absolute atomic E-state index is 13.0. The van der Waals surface area contributed by atoms with Gasteiger partial charge in [-0.05, 0) is 55.0 Å². The summed E-state index contributed by atoms with van der Waals surface area (Å²) < 4.78 is 67.5. The number of halogens is 5. The molecule has 0 saturated carbocycles. The van der Waals surface area contributed by atoms with Crippen molar-refractivity contribution in [2.24, 2.45) is 0 Å². The molecule has 0 heterocycles. The summed E-state index contributed by atoms with van der Waals surface area (Å²) in [5, 5.41) is 5.15. The predicted octanol–water partition coefficient (Wildman–Crippen LogP) is 5.42. The highest BCUT2D eigenvalue weighted by Gasteiger charge is 2.33. The van der Waals surface area contributed by atoms with Crippen LogP contribution in [0, 0.1) is 6.92 Å². The number of rotatable bonds is 4. The van der Waals surface area contributed by atoms with Gasteiger partial charge in [-0.3, -0.25) is 0 Å². The third kappa shape index (κ3) is 5.28. The van der Waals surface area contributed by atoms with Crippen molar-refractivity contribution in [3.63, 3.8) is 0 Å². The van der Waals surface area contributed by atoms with E-state index in [1.807, 2.05) is 0 Å². The fourth-order valence-electron chi connectivity index (χ4n) is 2.07. The molecule has 0 spiro atoms. The molecule has 0 amide bonds. The molecule has 9 heteroatoms. The Kier molecular flexibility index (Phi) is 5.78. The van der Waals surface area contributed by atoms with Crippen LogP contribution in [0.15, 0.2) is 42.5 Å². The molecule has 2 aromatic carbocycles. The van der Waals surface area contributed by atoms with Crippen molar-refractivity contribution < 1.29 is 26.7 Å². The molecule has 0 aliphatic heterocycles. The average molecular weight is 376 g/mol. The first-order valence-electron chi connectivity index (χ1n) is 6.96. The molecule has 0 bridgehead atoms. The number of nitrogens with one attached hydrogen (secondary N) is 2. The van der Waals surface area contributed by atoms with Gasteiger partial charge in [-0.15, -0.1) is 0 Å². The third-order valence-corrected chi connectivity index (χ3v) is 3.36. The van der Waals surface area contributed by atoms with E-state index < -0.39 is 18.4 Å². The number of aryl methyl sites for hydroxylation is 1. The fraction of sp³-hybridized carbons (Fsp3) is 0.188. The highest BCUT2D eigenvalue weighted by molar-refractivity contribution is 7.80. The highest BCUT2D eigenvalue weighted by Crippen LogP contribution is 2.34. The minimum Gasteiger partial charge on any atom is -0.435 e. The molecule has 0 unspecified atom stereocenters. The molecular weight excluding hydrogens is 363 g/mol. The van der Waals surface area contributed by atoms with Gasteiger partial charge in [-0.1, -0.05) is 12.1 Å². The molecular formula is C16H13F5N2OS. The lowest BCUT2D eigenvalue weighted by Gasteiger charge is -2.17.